The third kappa shape index (κ3) is 5.91. The third-order valence-corrected chi connectivity index (χ3v) is 4.19. The fraction of sp³-hybridized carbons (Fsp3) is 0.538. The normalized spacial score (nSPS) is 13.4. The lowest BCUT2D eigenvalue weighted by Gasteiger charge is -2.19. The smallest absolute Gasteiger partial charge is 0.493 e. The zero-order valence-corrected chi connectivity index (χ0v) is 14.2. The second-order valence-corrected chi connectivity index (χ2v) is 6.11. The van der Waals surface area contributed by atoms with Crippen LogP contribution in [0.25, 0.3) is 0 Å². The maximum absolute atomic E-state index is 12.1. The maximum Gasteiger partial charge on any atom is 0.573 e. The molecule has 1 atom stereocenters. The van der Waals surface area contributed by atoms with Crippen molar-refractivity contribution in [3.8, 4) is 11.5 Å². The second kappa shape index (κ2) is 7.54. The van der Waals surface area contributed by atoms with Gasteiger partial charge in [0.25, 0.3) is 0 Å². The maximum atomic E-state index is 12.1. The van der Waals surface area contributed by atoms with E-state index in [-0.39, 0.29) is 10.2 Å². The van der Waals surface area contributed by atoms with Crippen LogP contribution in [0, 0.1) is 11.8 Å². The van der Waals surface area contributed by atoms with Gasteiger partial charge in [-0.25, -0.2) is 0 Å². The number of alkyl halides is 4. The Labute approximate surface area is 132 Å². The quantitative estimate of drug-likeness (QED) is 0.575. The Hall–Kier alpha value is -0.430. The summed E-state index contributed by atoms with van der Waals surface area (Å²) in [5.74, 6) is 0.995. The molecule has 0 amide bonds. The number of hydrogen-bond donors (Lipinski definition) is 0. The molecule has 0 N–H and O–H groups in total. The molecule has 0 aliphatic heterocycles. The molecule has 1 unspecified atom stereocenters. The first kappa shape index (κ1) is 17.6. The van der Waals surface area contributed by atoms with Gasteiger partial charge in [-0.15, -0.1) is 13.2 Å². The minimum atomic E-state index is -4.70. The highest BCUT2D eigenvalue weighted by Crippen LogP contribution is 2.33. The van der Waals surface area contributed by atoms with Gasteiger partial charge >= 0.3 is 6.36 Å². The van der Waals surface area contributed by atoms with E-state index >= 15 is 0 Å². The van der Waals surface area contributed by atoms with Crippen molar-refractivity contribution in [1.82, 2.24) is 0 Å². The van der Waals surface area contributed by atoms with Crippen molar-refractivity contribution >= 4 is 31.9 Å². The first-order valence-corrected chi connectivity index (χ1v) is 7.88. The summed E-state index contributed by atoms with van der Waals surface area (Å²) in [4.78, 5) is 0. The summed E-state index contributed by atoms with van der Waals surface area (Å²) in [7, 11) is 0. The zero-order valence-electron chi connectivity index (χ0n) is 11.0. The van der Waals surface area contributed by atoms with Gasteiger partial charge in [0, 0.05) is 11.2 Å². The van der Waals surface area contributed by atoms with Crippen LogP contribution in [0.3, 0.4) is 0 Å². The molecule has 0 bridgehead atoms. The van der Waals surface area contributed by atoms with Crippen LogP contribution in [0.4, 0.5) is 13.2 Å². The van der Waals surface area contributed by atoms with Gasteiger partial charge in [-0.1, -0.05) is 29.8 Å². The van der Waals surface area contributed by atoms with E-state index in [2.05, 4.69) is 50.4 Å². The fourth-order valence-corrected chi connectivity index (χ4v) is 2.77. The minimum Gasteiger partial charge on any atom is -0.493 e. The molecule has 20 heavy (non-hydrogen) atoms. The van der Waals surface area contributed by atoms with Crippen molar-refractivity contribution < 1.29 is 22.6 Å². The summed E-state index contributed by atoms with van der Waals surface area (Å²) < 4.78 is 46.0. The Morgan fingerprint density at radius 2 is 1.90 bits per heavy atom. The summed E-state index contributed by atoms with van der Waals surface area (Å²) in [6, 6.07) is 4.15. The van der Waals surface area contributed by atoms with Crippen molar-refractivity contribution in [3.05, 3.63) is 22.7 Å². The topological polar surface area (TPSA) is 18.5 Å². The van der Waals surface area contributed by atoms with E-state index < -0.39 is 6.36 Å². The predicted octanol–water partition coefficient (Wildman–Crippen LogP) is 5.39. The highest BCUT2D eigenvalue weighted by molar-refractivity contribution is 9.10. The molecule has 0 fully saturated rings. The van der Waals surface area contributed by atoms with Crippen LogP contribution in [-0.2, 0) is 0 Å². The molecular formula is C13H15Br2F3O2. The summed E-state index contributed by atoms with van der Waals surface area (Å²) in [5, 5.41) is 0.807. The van der Waals surface area contributed by atoms with Crippen molar-refractivity contribution in [2.24, 2.45) is 11.8 Å². The minimum absolute atomic E-state index is 0.201. The van der Waals surface area contributed by atoms with Gasteiger partial charge in [-0.05, 0) is 40.0 Å². The van der Waals surface area contributed by atoms with Gasteiger partial charge in [-0.2, -0.15) is 0 Å². The van der Waals surface area contributed by atoms with E-state index in [4.69, 9.17) is 4.74 Å². The lowest BCUT2D eigenvalue weighted by molar-refractivity contribution is -0.274. The van der Waals surface area contributed by atoms with E-state index in [1.165, 1.54) is 18.2 Å². The molecule has 1 aromatic carbocycles. The number of rotatable bonds is 6. The fourth-order valence-electron chi connectivity index (χ4n) is 1.40. The van der Waals surface area contributed by atoms with Gasteiger partial charge in [0.15, 0.2) is 0 Å². The Balaban J connectivity index is 2.68. The molecule has 1 aromatic rings. The molecule has 0 radical (unpaired) electrons. The Morgan fingerprint density at radius 3 is 2.35 bits per heavy atom. The Kier molecular flexibility index (Phi) is 6.64. The highest BCUT2D eigenvalue weighted by atomic mass is 79.9. The van der Waals surface area contributed by atoms with E-state index in [1.807, 2.05) is 0 Å². The van der Waals surface area contributed by atoms with E-state index in [0.717, 1.165) is 5.33 Å². The third-order valence-electron chi connectivity index (χ3n) is 2.73. The van der Waals surface area contributed by atoms with Gasteiger partial charge in [0.2, 0.25) is 0 Å². The van der Waals surface area contributed by atoms with Crippen LogP contribution in [0.1, 0.15) is 13.8 Å². The van der Waals surface area contributed by atoms with Crippen LogP contribution < -0.4 is 9.47 Å². The van der Waals surface area contributed by atoms with Crippen molar-refractivity contribution in [2.45, 2.75) is 20.2 Å². The average molecular weight is 420 g/mol. The molecular weight excluding hydrogens is 405 g/mol. The van der Waals surface area contributed by atoms with Crippen molar-refractivity contribution in [2.75, 3.05) is 11.9 Å². The molecule has 0 aromatic heterocycles. The van der Waals surface area contributed by atoms with Crippen molar-refractivity contribution in [3.63, 3.8) is 0 Å². The molecule has 0 spiro atoms. The van der Waals surface area contributed by atoms with Gasteiger partial charge in [0.1, 0.15) is 11.5 Å². The van der Waals surface area contributed by atoms with Gasteiger partial charge in [0.05, 0.1) is 11.1 Å². The molecule has 0 saturated carbocycles. The molecule has 2 nitrogen and oxygen atoms in total. The lowest BCUT2D eigenvalue weighted by Crippen LogP contribution is -2.19. The van der Waals surface area contributed by atoms with Gasteiger partial charge < -0.3 is 9.47 Å². The Bertz CT molecular complexity index is 436. The molecule has 0 saturated heterocycles. The predicted molar refractivity (Wildman–Crippen MR) is 78.4 cm³/mol. The molecule has 7 heteroatoms. The number of benzene rings is 1. The first-order valence-electron chi connectivity index (χ1n) is 5.97. The highest BCUT2D eigenvalue weighted by Gasteiger charge is 2.32. The molecule has 0 aliphatic carbocycles. The molecule has 0 aliphatic rings. The van der Waals surface area contributed by atoms with Crippen LogP contribution in [-0.4, -0.2) is 18.3 Å². The summed E-state index contributed by atoms with van der Waals surface area (Å²) in [6.45, 7) is 4.67. The monoisotopic (exact) mass is 418 g/mol. The summed E-state index contributed by atoms with van der Waals surface area (Å²) in [6.07, 6.45) is -4.70. The SMILES string of the molecule is CC(C)C(CBr)COc1ccc(OC(F)(F)F)c(Br)c1. The largest absolute Gasteiger partial charge is 0.573 e. The average Bonchev–Trinajstić information content (AvgIpc) is 2.31. The molecule has 1 rings (SSSR count). The number of ether oxygens (including phenoxy) is 2. The Morgan fingerprint density at radius 1 is 1.25 bits per heavy atom. The second-order valence-electron chi connectivity index (χ2n) is 4.61. The number of halogens is 5. The lowest BCUT2D eigenvalue weighted by atomic mass is 9.99. The zero-order chi connectivity index (χ0) is 15.3. The molecule has 0 heterocycles. The molecule has 114 valence electrons. The van der Waals surface area contributed by atoms with Crippen LogP contribution in [0.5, 0.6) is 11.5 Å². The summed E-state index contributed by atoms with van der Waals surface area (Å²) in [5.41, 5.74) is 0. The summed E-state index contributed by atoms with van der Waals surface area (Å²) >= 11 is 6.45. The van der Waals surface area contributed by atoms with E-state index in [0.29, 0.717) is 24.2 Å². The standard InChI is InChI=1S/C13H15Br2F3O2/c1-8(2)9(6-14)7-19-10-3-4-12(11(15)5-10)20-13(16,17)18/h3-5,8-9H,6-7H2,1-2H3. The van der Waals surface area contributed by atoms with Crippen LogP contribution in [0.15, 0.2) is 22.7 Å². The van der Waals surface area contributed by atoms with E-state index in [9.17, 15) is 13.2 Å². The van der Waals surface area contributed by atoms with Crippen LogP contribution >= 0.6 is 31.9 Å². The van der Waals surface area contributed by atoms with E-state index in [1.54, 1.807) is 0 Å². The first-order chi connectivity index (χ1) is 9.23. The van der Waals surface area contributed by atoms with Crippen molar-refractivity contribution in [1.29, 1.82) is 0 Å². The number of hydrogen-bond acceptors (Lipinski definition) is 2. The van der Waals surface area contributed by atoms with Gasteiger partial charge in [-0.3, -0.25) is 0 Å². The van der Waals surface area contributed by atoms with Crippen LogP contribution in [0.2, 0.25) is 0 Å².